The highest BCUT2D eigenvalue weighted by Gasteiger charge is 2.12. The van der Waals surface area contributed by atoms with Gasteiger partial charge in [0.25, 0.3) is 0 Å². The zero-order valence-corrected chi connectivity index (χ0v) is 18.1. The predicted octanol–water partition coefficient (Wildman–Crippen LogP) is 5.79. The Bertz CT molecular complexity index is 942. The Balaban J connectivity index is 1.96. The molecule has 0 radical (unpaired) electrons. The van der Waals surface area contributed by atoms with Gasteiger partial charge in [-0.3, -0.25) is 0 Å². The first-order valence-corrected chi connectivity index (χ1v) is 10.5. The first kappa shape index (κ1) is 21.7. The van der Waals surface area contributed by atoms with Gasteiger partial charge in [0.1, 0.15) is 18.1 Å². The van der Waals surface area contributed by atoms with E-state index in [2.05, 4.69) is 54.3 Å². The Kier molecular flexibility index (Phi) is 7.69. The Hall–Kier alpha value is -3.04. The molecule has 1 N–H and O–H groups in total. The van der Waals surface area contributed by atoms with E-state index in [-0.39, 0.29) is 5.75 Å². The molecule has 0 unspecified atom stereocenters. The van der Waals surface area contributed by atoms with Crippen LogP contribution < -0.4 is 4.74 Å². The van der Waals surface area contributed by atoms with E-state index in [9.17, 15) is 5.11 Å². The lowest BCUT2D eigenvalue weighted by molar-refractivity contribution is 0.261. The van der Waals surface area contributed by atoms with Crippen molar-refractivity contribution < 1.29 is 9.84 Å². The van der Waals surface area contributed by atoms with Gasteiger partial charge in [0.2, 0.25) is 0 Å². The molecule has 0 aliphatic rings. The number of likely N-dealkylation sites (N-methyl/N-ethyl adjacent to an activating group) is 1. The van der Waals surface area contributed by atoms with Crippen molar-refractivity contribution in [3.05, 3.63) is 101 Å². The van der Waals surface area contributed by atoms with E-state index in [1.54, 1.807) is 12.1 Å². The van der Waals surface area contributed by atoms with Crippen LogP contribution in [0.3, 0.4) is 0 Å². The number of aromatic hydroxyl groups is 1. The number of nitrogens with zero attached hydrogens (tertiary/aromatic N) is 1. The van der Waals surface area contributed by atoms with Crippen LogP contribution in [0, 0.1) is 0 Å². The molecule has 0 aromatic heterocycles. The van der Waals surface area contributed by atoms with E-state index in [1.807, 2.05) is 38.4 Å². The number of hydrogen-bond donors (Lipinski definition) is 1. The Morgan fingerprint density at radius 3 is 2.00 bits per heavy atom. The number of rotatable bonds is 9. The monoisotopic (exact) mass is 401 g/mol. The number of allylic oxidation sites excluding steroid dienone is 1. The van der Waals surface area contributed by atoms with E-state index in [0.29, 0.717) is 6.61 Å². The molecule has 30 heavy (non-hydrogen) atoms. The molecule has 0 atom stereocenters. The lowest BCUT2D eigenvalue weighted by atomic mass is 9.88. The van der Waals surface area contributed by atoms with Gasteiger partial charge in [-0.05, 0) is 73.5 Å². The van der Waals surface area contributed by atoms with Gasteiger partial charge < -0.3 is 14.7 Å². The van der Waals surface area contributed by atoms with Gasteiger partial charge >= 0.3 is 0 Å². The Labute approximate surface area is 180 Å². The SMILES string of the molecule is CCC(Cc1ccccc1)=C(c1ccc(O)cc1)c1ccc(OCCN(C)C)cc1. The topological polar surface area (TPSA) is 32.7 Å². The molecule has 3 aromatic rings. The number of phenols is 1. The Morgan fingerprint density at radius 1 is 0.833 bits per heavy atom. The summed E-state index contributed by atoms with van der Waals surface area (Å²) in [6, 6.07) is 26.4. The van der Waals surface area contributed by atoms with Crippen LogP contribution in [-0.2, 0) is 6.42 Å². The molecule has 3 aromatic carbocycles. The molecular weight excluding hydrogens is 370 g/mol. The lowest BCUT2D eigenvalue weighted by Crippen LogP contribution is -2.19. The summed E-state index contributed by atoms with van der Waals surface area (Å²) in [7, 11) is 4.08. The summed E-state index contributed by atoms with van der Waals surface area (Å²) in [5.74, 6) is 1.16. The third kappa shape index (κ3) is 5.98. The first-order valence-electron chi connectivity index (χ1n) is 10.5. The zero-order chi connectivity index (χ0) is 21.3. The standard InChI is InChI=1S/C27H31NO2/c1-4-22(20-21-8-6-5-7-9-21)27(23-10-14-25(29)15-11-23)24-12-16-26(17-13-24)30-19-18-28(2)3/h5-17,29H,4,18-20H2,1-3H3. The summed E-state index contributed by atoms with van der Waals surface area (Å²) in [6.07, 6.45) is 1.85. The minimum atomic E-state index is 0.281. The van der Waals surface area contributed by atoms with E-state index in [4.69, 9.17) is 4.74 Å². The number of ether oxygens (including phenoxy) is 1. The van der Waals surface area contributed by atoms with E-state index >= 15 is 0 Å². The van der Waals surface area contributed by atoms with Gasteiger partial charge in [0.15, 0.2) is 0 Å². The maximum atomic E-state index is 9.76. The average molecular weight is 402 g/mol. The third-order valence-electron chi connectivity index (χ3n) is 5.15. The van der Waals surface area contributed by atoms with Crippen LogP contribution in [0.1, 0.15) is 30.0 Å². The summed E-state index contributed by atoms with van der Waals surface area (Å²) >= 11 is 0. The molecule has 0 aliphatic heterocycles. The highest BCUT2D eigenvalue weighted by atomic mass is 16.5. The minimum absolute atomic E-state index is 0.281. The van der Waals surface area contributed by atoms with Gasteiger partial charge in [-0.25, -0.2) is 0 Å². The molecule has 156 valence electrons. The second-order valence-electron chi connectivity index (χ2n) is 7.72. The van der Waals surface area contributed by atoms with Crippen LogP contribution in [-0.4, -0.2) is 37.3 Å². The fourth-order valence-corrected chi connectivity index (χ4v) is 3.50. The fraction of sp³-hybridized carbons (Fsp3) is 0.259. The second kappa shape index (κ2) is 10.7. The van der Waals surface area contributed by atoms with Crippen molar-refractivity contribution in [3.8, 4) is 11.5 Å². The summed E-state index contributed by atoms with van der Waals surface area (Å²) in [4.78, 5) is 2.11. The van der Waals surface area contributed by atoms with Gasteiger partial charge in [0, 0.05) is 6.54 Å². The highest BCUT2D eigenvalue weighted by molar-refractivity contribution is 5.82. The average Bonchev–Trinajstić information content (AvgIpc) is 2.76. The fourth-order valence-electron chi connectivity index (χ4n) is 3.50. The van der Waals surface area contributed by atoms with Gasteiger partial charge in [0.05, 0.1) is 0 Å². The van der Waals surface area contributed by atoms with Gasteiger partial charge in [-0.15, -0.1) is 0 Å². The lowest BCUT2D eigenvalue weighted by Gasteiger charge is -2.17. The van der Waals surface area contributed by atoms with Crippen molar-refractivity contribution in [2.45, 2.75) is 19.8 Å². The van der Waals surface area contributed by atoms with Crippen molar-refractivity contribution in [3.63, 3.8) is 0 Å². The molecule has 0 saturated carbocycles. The molecule has 0 heterocycles. The van der Waals surface area contributed by atoms with Crippen LogP contribution >= 0.6 is 0 Å². The van der Waals surface area contributed by atoms with Crippen LogP contribution in [0.4, 0.5) is 0 Å². The van der Waals surface area contributed by atoms with Gasteiger partial charge in [-0.1, -0.05) is 67.1 Å². The summed E-state index contributed by atoms with van der Waals surface area (Å²) < 4.78 is 5.86. The molecule has 3 nitrogen and oxygen atoms in total. The number of hydrogen-bond acceptors (Lipinski definition) is 3. The van der Waals surface area contributed by atoms with Crippen LogP contribution in [0.5, 0.6) is 11.5 Å². The number of phenolic OH excluding ortho intramolecular Hbond substituents is 1. The van der Waals surface area contributed by atoms with E-state index < -0.39 is 0 Å². The highest BCUT2D eigenvalue weighted by Crippen LogP contribution is 2.32. The molecule has 3 heteroatoms. The van der Waals surface area contributed by atoms with E-state index in [0.717, 1.165) is 36.3 Å². The quantitative estimate of drug-likeness (QED) is 0.493. The molecule has 0 spiro atoms. The molecule has 0 saturated heterocycles. The van der Waals surface area contributed by atoms with Crippen molar-refractivity contribution in [2.75, 3.05) is 27.2 Å². The normalized spacial score (nSPS) is 12.0. The third-order valence-corrected chi connectivity index (χ3v) is 5.15. The molecular formula is C27H31NO2. The summed E-state index contributed by atoms with van der Waals surface area (Å²) in [5, 5.41) is 9.76. The summed E-state index contributed by atoms with van der Waals surface area (Å²) in [6.45, 7) is 3.76. The van der Waals surface area contributed by atoms with Crippen molar-refractivity contribution in [1.29, 1.82) is 0 Å². The van der Waals surface area contributed by atoms with Crippen LogP contribution in [0.2, 0.25) is 0 Å². The van der Waals surface area contributed by atoms with Crippen LogP contribution in [0.25, 0.3) is 5.57 Å². The minimum Gasteiger partial charge on any atom is -0.508 e. The maximum Gasteiger partial charge on any atom is 0.119 e. The van der Waals surface area contributed by atoms with Crippen molar-refractivity contribution >= 4 is 5.57 Å². The predicted molar refractivity (Wildman–Crippen MR) is 125 cm³/mol. The van der Waals surface area contributed by atoms with Crippen molar-refractivity contribution in [2.24, 2.45) is 0 Å². The Morgan fingerprint density at radius 2 is 1.43 bits per heavy atom. The second-order valence-corrected chi connectivity index (χ2v) is 7.72. The van der Waals surface area contributed by atoms with E-state index in [1.165, 1.54) is 16.7 Å². The summed E-state index contributed by atoms with van der Waals surface area (Å²) in [5.41, 5.74) is 6.17. The smallest absolute Gasteiger partial charge is 0.119 e. The largest absolute Gasteiger partial charge is 0.508 e. The van der Waals surface area contributed by atoms with Crippen molar-refractivity contribution in [1.82, 2.24) is 4.90 Å². The van der Waals surface area contributed by atoms with Gasteiger partial charge in [-0.2, -0.15) is 0 Å². The molecule has 0 fully saturated rings. The zero-order valence-electron chi connectivity index (χ0n) is 18.1. The molecule has 0 bridgehead atoms. The molecule has 0 aliphatic carbocycles. The first-order chi connectivity index (χ1) is 14.6. The maximum absolute atomic E-state index is 9.76. The molecule has 3 rings (SSSR count). The number of benzene rings is 3. The molecule has 0 amide bonds. The van der Waals surface area contributed by atoms with Crippen LogP contribution in [0.15, 0.2) is 84.4 Å².